The molecule has 5 heteroatoms. The van der Waals surface area contributed by atoms with Gasteiger partial charge in [0.05, 0.1) is 11.5 Å². The third-order valence-electron chi connectivity index (χ3n) is 4.01. The zero-order valence-corrected chi connectivity index (χ0v) is 13.5. The number of halogens is 1. The molecule has 2 N–H and O–H groups in total. The molecular formula is C15H18INO3. The van der Waals surface area contributed by atoms with Crippen molar-refractivity contribution in [1.82, 2.24) is 5.32 Å². The second-order valence-electron chi connectivity index (χ2n) is 5.52. The van der Waals surface area contributed by atoms with Crippen molar-refractivity contribution >= 4 is 34.5 Å². The van der Waals surface area contributed by atoms with Crippen LogP contribution in [0.3, 0.4) is 0 Å². The van der Waals surface area contributed by atoms with Crippen molar-refractivity contribution in [2.24, 2.45) is 5.92 Å². The molecule has 0 aliphatic heterocycles. The van der Waals surface area contributed by atoms with Gasteiger partial charge in [-0.05, 0) is 66.6 Å². The van der Waals surface area contributed by atoms with Crippen LogP contribution in [-0.4, -0.2) is 22.5 Å². The quantitative estimate of drug-likeness (QED) is 0.784. The highest BCUT2D eigenvalue weighted by molar-refractivity contribution is 14.1. The van der Waals surface area contributed by atoms with Gasteiger partial charge in [-0.25, -0.2) is 0 Å². The molecule has 1 saturated carbocycles. The summed E-state index contributed by atoms with van der Waals surface area (Å²) in [5.41, 5.74) is -0.0918. The van der Waals surface area contributed by atoms with Crippen LogP contribution in [0.5, 0.6) is 0 Å². The van der Waals surface area contributed by atoms with Crippen LogP contribution in [0.25, 0.3) is 0 Å². The van der Waals surface area contributed by atoms with Crippen molar-refractivity contribution in [2.75, 3.05) is 0 Å². The lowest BCUT2D eigenvalue weighted by Crippen LogP contribution is -2.55. The van der Waals surface area contributed by atoms with Crippen molar-refractivity contribution in [3.63, 3.8) is 0 Å². The largest absolute Gasteiger partial charge is 0.481 e. The maximum Gasteiger partial charge on any atom is 0.308 e. The van der Waals surface area contributed by atoms with E-state index in [0.29, 0.717) is 18.4 Å². The summed E-state index contributed by atoms with van der Waals surface area (Å²) in [6.07, 6.45) is 3.19. The van der Waals surface area contributed by atoms with Gasteiger partial charge in [0.25, 0.3) is 5.91 Å². The molecule has 2 atom stereocenters. The Morgan fingerprint density at radius 1 is 1.30 bits per heavy atom. The Balaban J connectivity index is 2.15. The lowest BCUT2D eigenvalue weighted by Gasteiger charge is -2.39. The van der Waals surface area contributed by atoms with Crippen molar-refractivity contribution in [3.8, 4) is 0 Å². The van der Waals surface area contributed by atoms with Gasteiger partial charge in [0.2, 0.25) is 0 Å². The molecule has 0 radical (unpaired) electrons. The maximum absolute atomic E-state index is 12.3. The molecule has 0 saturated heterocycles. The minimum atomic E-state index is -0.824. The van der Waals surface area contributed by atoms with Gasteiger partial charge in [0.15, 0.2) is 0 Å². The fourth-order valence-corrected chi connectivity index (χ4v) is 3.17. The first kappa shape index (κ1) is 15.3. The normalized spacial score (nSPS) is 26.0. The van der Waals surface area contributed by atoms with Crippen molar-refractivity contribution in [1.29, 1.82) is 0 Å². The molecule has 1 aromatic carbocycles. The van der Waals surface area contributed by atoms with E-state index in [0.717, 1.165) is 16.4 Å². The van der Waals surface area contributed by atoms with Gasteiger partial charge in [-0.2, -0.15) is 0 Å². The fraction of sp³-hybridized carbons (Fsp3) is 0.467. The topological polar surface area (TPSA) is 66.4 Å². The Hall–Kier alpha value is -1.11. The van der Waals surface area contributed by atoms with Gasteiger partial charge in [0.1, 0.15) is 0 Å². The molecule has 0 heterocycles. The molecule has 2 unspecified atom stereocenters. The Morgan fingerprint density at radius 2 is 1.95 bits per heavy atom. The number of hydrogen-bond donors (Lipinski definition) is 2. The van der Waals surface area contributed by atoms with E-state index in [1.54, 1.807) is 12.1 Å². The number of carboxylic acids is 1. The molecule has 4 nitrogen and oxygen atoms in total. The van der Waals surface area contributed by atoms with E-state index in [4.69, 9.17) is 0 Å². The molecular weight excluding hydrogens is 369 g/mol. The molecule has 1 aliphatic carbocycles. The van der Waals surface area contributed by atoms with Gasteiger partial charge >= 0.3 is 5.97 Å². The molecule has 1 aliphatic rings. The molecule has 1 aromatic rings. The smallest absolute Gasteiger partial charge is 0.308 e. The van der Waals surface area contributed by atoms with Gasteiger partial charge in [-0.15, -0.1) is 0 Å². The summed E-state index contributed by atoms with van der Waals surface area (Å²) in [6, 6.07) is 7.26. The van der Waals surface area contributed by atoms with E-state index in [9.17, 15) is 14.7 Å². The first-order valence-electron chi connectivity index (χ1n) is 6.73. The summed E-state index contributed by atoms with van der Waals surface area (Å²) >= 11 is 2.18. The summed E-state index contributed by atoms with van der Waals surface area (Å²) < 4.78 is 1.06. The van der Waals surface area contributed by atoms with Gasteiger partial charge in [-0.1, -0.05) is 12.8 Å². The third-order valence-corrected chi connectivity index (χ3v) is 4.73. The minimum Gasteiger partial charge on any atom is -0.481 e. The fourth-order valence-electron chi connectivity index (χ4n) is 2.81. The Bertz CT molecular complexity index is 514. The number of aliphatic carboxylic acids is 1. The standard InChI is InChI=1S/C15H18INO3/c1-15(9-3-2-4-12(15)14(19)20)17-13(18)10-5-7-11(16)8-6-10/h5-8,12H,2-4,9H2,1H3,(H,17,18)(H,19,20). The number of hydrogen-bond acceptors (Lipinski definition) is 2. The summed E-state index contributed by atoms with van der Waals surface area (Å²) in [5, 5.41) is 12.3. The lowest BCUT2D eigenvalue weighted by atomic mass is 9.73. The Labute approximate surface area is 132 Å². The predicted octanol–water partition coefficient (Wildman–Crippen LogP) is 3.05. The van der Waals surface area contributed by atoms with Crippen molar-refractivity contribution < 1.29 is 14.7 Å². The van der Waals surface area contributed by atoms with E-state index < -0.39 is 17.4 Å². The Morgan fingerprint density at radius 3 is 2.55 bits per heavy atom. The monoisotopic (exact) mass is 387 g/mol. The second kappa shape index (κ2) is 6.11. The van der Waals surface area contributed by atoms with Crippen LogP contribution in [0.1, 0.15) is 43.0 Å². The zero-order chi connectivity index (χ0) is 14.8. The number of rotatable bonds is 3. The maximum atomic E-state index is 12.3. The van der Waals surface area contributed by atoms with Crippen LogP contribution in [0.2, 0.25) is 0 Å². The summed E-state index contributed by atoms with van der Waals surface area (Å²) in [6.45, 7) is 1.84. The average Bonchev–Trinajstić information content (AvgIpc) is 2.39. The lowest BCUT2D eigenvalue weighted by molar-refractivity contribution is -0.145. The predicted molar refractivity (Wildman–Crippen MR) is 84.6 cm³/mol. The highest BCUT2D eigenvalue weighted by Crippen LogP contribution is 2.34. The van der Waals surface area contributed by atoms with Crippen LogP contribution >= 0.6 is 22.6 Å². The number of nitrogens with one attached hydrogen (secondary N) is 1. The molecule has 0 aromatic heterocycles. The van der Waals surface area contributed by atoms with Gasteiger partial charge in [-0.3, -0.25) is 9.59 Å². The molecule has 108 valence electrons. The number of benzene rings is 1. The van der Waals surface area contributed by atoms with E-state index in [1.807, 2.05) is 19.1 Å². The highest BCUT2D eigenvalue weighted by atomic mass is 127. The van der Waals surface area contributed by atoms with E-state index >= 15 is 0 Å². The van der Waals surface area contributed by atoms with Crippen LogP contribution in [0.4, 0.5) is 0 Å². The van der Waals surface area contributed by atoms with Crippen LogP contribution in [0.15, 0.2) is 24.3 Å². The van der Waals surface area contributed by atoms with E-state index in [2.05, 4.69) is 27.9 Å². The van der Waals surface area contributed by atoms with Crippen LogP contribution < -0.4 is 5.32 Å². The van der Waals surface area contributed by atoms with Crippen LogP contribution in [-0.2, 0) is 4.79 Å². The minimum absolute atomic E-state index is 0.197. The SMILES string of the molecule is CC1(NC(=O)c2ccc(I)cc2)CCCCC1C(=O)O. The van der Waals surface area contributed by atoms with E-state index in [-0.39, 0.29) is 5.91 Å². The van der Waals surface area contributed by atoms with Gasteiger partial charge < -0.3 is 10.4 Å². The molecule has 2 rings (SSSR count). The Kier molecular flexibility index (Phi) is 4.67. The molecule has 20 heavy (non-hydrogen) atoms. The first-order valence-corrected chi connectivity index (χ1v) is 7.81. The van der Waals surface area contributed by atoms with Crippen molar-refractivity contribution in [3.05, 3.63) is 33.4 Å². The number of carbonyl (C=O) groups excluding carboxylic acids is 1. The zero-order valence-electron chi connectivity index (χ0n) is 11.4. The highest BCUT2D eigenvalue weighted by Gasteiger charge is 2.42. The number of carbonyl (C=O) groups is 2. The summed E-state index contributed by atoms with van der Waals surface area (Å²) in [4.78, 5) is 23.7. The number of amides is 1. The summed E-state index contributed by atoms with van der Waals surface area (Å²) in [5.74, 6) is -1.53. The van der Waals surface area contributed by atoms with Crippen molar-refractivity contribution in [2.45, 2.75) is 38.1 Å². The van der Waals surface area contributed by atoms with E-state index in [1.165, 1.54) is 0 Å². The molecule has 0 spiro atoms. The molecule has 1 amide bonds. The first-order chi connectivity index (χ1) is 9.42. The van der Waals surface area contributed by atoms with Gasteiger partial charge in [0, 0.05) is 9.13 Å². The number of carboxylic acid groups (broad SMARTS) is 1. The molecule has 1 fully saturated rings. The summed E-state index contributed by atoms with van der Waals surface area (Å²) in [7, 11) is 0. The average molecular weight is 387 g/mol. The molecule has 0 bridgehead atoms. The second-order valence-corrected chi connectivity index (χ2v) is 6.76. The van der Waals surface area contributed by atoms with Crippen LogP contribution in [0, 0.1) is 9.49 Å². The third kappa shape index (κ3) is 3.31.